The van der Waals surface area contributed by atoms with Crippen LogP contribution in [-0.2, 0) is 0 Å². The van der Waals surface area contributed by atoms with Gasteiger partial charge in [0.05, 0.1) is 0 Å². The van der Waals surface area contributed by atoms with Gasteiger partial charge in [0.1, 0.15) is 0 Å². The molecule has 1 aliphatic heterocycles. The van der Waals surface area contributed by atoms with Gasteiger partial charge in [0.25, 0.3) is 0 Å². The zero-order valence-corrected chi connectivity index (χ0v) is 10.4. The van der Waals surface area contributed by atoms with Gasteiger partial charge in [-0.15, -0.1) is 0 Å². The molecular formula is C13H27N. The first-order valence-electron chi connectivity index (χ1n) is 6.29. The Morgan fingerprint density at radius 3 is 2.71 bits per heavy atom. The first kappa shape index (κ1) is 12.0. The fourth-order valence-corrected chi connectivity index (χ4v) is 2.94. The number of nitrogens with one attached hydrogen (secondary N) is 1. The molecule has 0 amide bonds. The molecular weight excluding hydrogens is 170 g/mol. The molecule has 0 radical (unpaired) electrons. The summed E-state index contributed by atoms with van der Waals surface area (Å²) in [5, 5.41) is 3.55. The molecule has 0 aromatic carbocycles. The maximum absolute atomic E-state index is 3.55. The molecule has 0 spiro atoms. The molecule has 1 fully saturated rings. The summed E-state index contributed by atoms with van der Waals surface area (Å²) in [6.07, 6.45) is 5.51. The number of hydrogen-bond acceptors (Lipinski definition) is 1. The van der Waals surface area contributed by atoms with E-state index in [-0.39, 0.29) is 0 Å². The first-order chi connectivity index (χ1) is 6.58. The second-order valence-corrected chi connectivity index (χ2v) is 5.68. The summed E-state index contributed by atoms with van der Waals surface area (Å²) >= 11 is 0. The lowest BCUT2D eigenvalue weighted by atomic mass is 9.67. The molecule has 2 atom stereocenters. The van der Waals surface area contributed by atoms with E-state index in [1.54, 1.807) is 0 Å². The van der Waals surface area contributed by atoms with E-state index in [0.29, 0.717) is 5.41 Å². The summed E-state index contributed by atoms with van der Waals surface area (Å²) in [6, 6.07) is 0. The van der Waals surface area contributed by atoms with Gasteiger partial charge >= 0.3 is 0 Å². The average Bonchev–Trinajstić information content (AvgIpc) is 2.09. The highest BCUT2D eigenvalue weighted by atomic mass is 14.9. The standard InChI is InChI=1S/C13H27N/c1-5-6-13(4)7-8-14-10-12(13)9-11(2)3/h11-12,14H,5-10H2,1-4H3. The molecule has 1 aliphatic rings. The molecule has 0 aromatic heterocycles. The molecule has 1 saturated heterocycles. The average molecular weight is 197 g/mol. The molecule has 1 N–H and O–H groups in total. The third kappa shape index (κ3) is 2.98. The van der Waals surface area contributed by atoms with Crippen molar-refractivity contribution in [2.24, 2.45) is 17.3 Å². The Hall–Kier alpha value is -0.0400. The van der Waals surface area contributed by atoms with E-state index < -0.39 is 0 Å². The minimum absolute atomic E-state index is 0.615. The van der Waals surface area contributed by atoms with Crippen molar-refractivity contribution in [1.29, 1.82) is 0 Å². The Bertz CT molecular complexity index is 161. The van der Waals surface area contributed by atoms with E-state index in [4.69, 9.17) is 0 Å². The molecule has 0 saturated carbocycles. The largest absolute Gasteiger partial charge is 0.316 e. The van der Waals surface area contributed by atoms with Gasteiger partial charge < -0.3 is 5.32 Å². The van der Waals surface area contributed by atoms with E-state index in [1.165, 1.54) is 38.8 Å². The van der Waals surface area contributed by atoms with Crippen molar-refractivity contribution in [3.8, 4) is 0 Å². The smallest absolute Gasteiger partial charge is 0.00152 e. The summed E-state index contributed by atoms with van der Waals surface area (Å²) in [7, 11) is 0. The molecule has 0 aliphatic carbocycles. The number of hydrogen-bond donors (Lipinski definition) is 1. The van der Waals surface area contributed by atoms with Crippen LogP contribution >= 0.6 is 0 Å². The van der Waals surface area contributed by atoms with E-state index in [2.05, 4.69) is 33.0 Å². The summed E-state index contributed by atoms with van der Waals surface area (Å²) in [5.74, 6) is 1.74. The quantitative estimate of drug-likeness (QED) is 0.728. The monoisotopic (exact) mass is 197 g/mol. The van der Waals surface area contributed by atoms with Crippen LogP contribution in [0.4, 0.5) is 0 Å². The molecule has 0 bridgehead atoms. The van der Waals surface area contributed by atoms with E-state index in [9.17, 15) is 0 Å². The van der Waals surface area contributed by atoms with Crippen molar-refractivity contribution in [1.82, 2.24) is 5.32 Å². The van der Waals surface area contributed by atoms with Crippen molar-refractivity contribution in [2.75, 3.05) is 13.1 Å². The first-order valence-corrected chi connectivity index (χ1v) is 6.29. The Morgan fingerprint density at radius 1 is 1.43 bits per heavy atom. The van der Waals surface area contributed by atoms with E-state index >= 15 is 0 Å². The summed E-state index contributed by atoms with van der Waals surface area (Å²) in [5.41, 5.74) is 0.615. The van der Waals surface area contributed by atoms with Crippen LogP contribution in [-0.4, -0.2) is 13.1 Å². The zero-order chi connectivity index (χ0) is 10.6. The lowest BCUT2D eigenvalue weighted by Gasteiger charge is -2.43. The van der Waals surface area contributed by atoms with Gasteiger partial charge in [0, 0.05) is 0 Å². The summed E-state index contributed by atoms with van der Waals surface area (Å²) < 4.78 is 0. The predicted molar refractivity (Wildman–Crippen MR) is 63.4 cm³/mol. The zero-order valence-electron chi connectivity index (χ0n) is 10.4. The fraction of sp³-hybridized carbons (Fsp3) is 1.00. The molecule has 2 unspecified atom stereocenters. The molecule has 0 aromatic rings. The highest BCUT2D eigenvalue weighted by Gasteiger charge is 2.35. The Balaban J connectivity index is 2.57. The van der Waals surface area contributed by atoms with Gasteiger partial charge in [-0.05, 0) is 49.6 Å². The van der Waals surface area contributed by atoms with Gasteiger partial charge in [0.15, 0.2) is 0 Å². The second kappa shape index (κ2) is 5.16. The molecule has 1 heteroatoms. The minimum atomic E-state index is 0.615. The van der Waals surface area contributed by atoms with Gasteiger partial charge in [-0.2, -0.15) is 0 Å². The molecule has 84 valence electrons. The third-order valence-electron chi connectivity index (χ3n) is 3.83. The van der Waals surface area contributed by atoms with Gasteiger partial charge in [-0.3, -0.25) is 0 Å². The van der Waals surface area contributed by atoms with Crippen molar-refractivity contribution in [3.05, 3.63) is 0 Å². The molecule has 1 rings (SSSR count). The van der Waals surface area contributed by atoms with Crippen LogP contribution in [0.25, 0.3) is 0 Å². The lowest BCUT2D eigenvalue weighted by Crippen LogP contribution is -2.44. The highest BCUT2D eigenvalue weighted by molar-refractivity contribution is 4.88. The van der Waals surface area contributed by atoms with Crippen LogP contribution in [0.1, 0.15) is 53.4 Å². The van der Waals surface area contributed by atoms with Crippen LogP contribution < -0.4 is 5.32 Å². The number of rotatable bonds is 4. The Kier molecular flexibility index (Phi) is 4.43. The van der Waals surface area contributed by atoms with E-state index in [0.717, 1.165) is 11.8 Å². The number of piperidine rings is 1. The Labute approximate surface area is 89.7 Å². The SMILES string of the molecule is CCCC1(C)CCNCC1CC(C)C. The van der Waals surface area contributed by atoms with Crippen molar-refractivity contribution < 1.29 is 0 Å². The highest BCUT2D eigenvalue weighted by Crippen LogP contribution is 2.40. The molecule has 14 heavy (non-hydrogen) atoms. The second-order valence-electron chi connectivity index (χ2n) is 5.68. The van der Waals surface area contributed by atoms with Gasteiger partial charge in [-0.1, -0.05) is 34.1 Å². The lowest BCUT2D eigenvalue weighted by molar-refractivity contribution is 0.0980. The van der Waals surface area contributed by atoms with Crippen LogP contribution in [0.5, 0.6) is 0 Å². The summed E-state index contributed by atoms with van der Waals surface area (Å²) in [6.45, 7) is 12.0. The van der Waals surface area contributed by atoms with Crippen molar-refractivity contribution in [3.63, 3.8) is 0 Å². The van der Waals surface area contributed by atoms with Crippen LogP contribution in [0.3, 0.4) is 0 Å². The minimum Gasteiger partial charge on any atom is -0.316 e. The van der Waals surface area contributed by atoms with Gasteiger partial charge in [0.2, 0.25) is 0 Å². The topological polar surface area (TPSA) is 12.0 Å². The van der Waals surface area contributed by atoms with E-state index in [1.807, 2.05) is 0 Å². The third-order valence-corrected chi connectivity index (χ3v) is 3.83. The molecule has 1 heterocycles. The predicted octanol–water partition coefficient (Wildman–Crippen LogP) is 3.45. The van der Waals surface area contributed by atoms with Crippen molar-refractivity contribution >= 4 is 0 Å². The fourth-order valence-electron chi connectivity index (χ4n) is 2.94. The van der Waals surface area contributed by atoms with Crippen LogP contribution in [0.2, 0.25) is 0 Å². The normalized spacial score (nSPS) is 33.6. The van der Waals surface area contributed by atoms with Crippen LogP contribution in [0.15, 0.2) is 0 Å². The van der Waals surface area contributed by atoms with Crippen LogP contribution in [0, 0.1) is 17.3 Å². The van der Waals surface area contributed by atoms with Crippen molar-refractivity contribution in [2.45, 2.75) is 53.4 Å². The Morgan fingerprint density at radius 2 is 2.14 bits per heavy atom. The van der Waals surface area contributed by atoms with Gasteiger partial charge in [-0.25, -0.2) is 0 Å². The maximum atomic E-state index is 3.55. The molecule has 1 nitrogen and oxygen atoms in total. The maximum Gasteiger partial charge on any atom is -0.00152 e. The summed E-state index contributed by atoms with van der Waals surface area (Å²) in [4.78, 5) is 0.